The summed E-state index contributed by atoms with van der Waals surface area (Å²) in [4.78, 5) is 11.3. The van der Waals surface area contributed by atoms with Crippen molar-refractivity contribution in [3.05, 3.63) is 84.2 Å². The molecule has 5 nitrogen and oxygen atoms in total. The number of hydrogen-bond donors (Lipinski definition) is 1. The molecule has 28 heavy (non-hydrogen) atoms. The number of rotatable bonds is 4. The van der Waals surface area contributed by atoms with Gasteiger partial charge in [0.15, 0.2) is 5.11 Å². The topological polar surface area (TPSA) is 46.0 Å². The molecule has 0 spiro atoms. The van der Waals surface area contributed by atoms with Gasteiger partial charge in [-0.25, -0.2) is 0 Å². The molecule has 6 heteroatoms. The van der Waals surface area contributed by atoms with Gasteiger partial charge in [-0.05, 0) is 68.9 Å². The van der Waals surface area contributed by atoms with Crippen LogP contribution in [0.4, 0.5) is 0 Å². The molecular formula is C22H25N5S. The van der Waals surface area contributed by atoms with Gasteiger partial charge in [0.2, 0.25) is 0 Å². The summed E-state index contributed by atoms with van der Waals surface area (Å²) in [5.41, 5.74) is 3.22. The van der Waals surface area contributed by atoms with Gasteiger partial charge in [0.25, 0.3) is 0 Å². The molecule has 3 aromatic rings. The van der Waals surface area contributed by atoms with Crippen LogP contribution in [0, 0.1) is 0 Å². The molecule has 0 unspecified atom stereocenters. The van der Waals surface area contributed by atoms with Crippen molar-refractivity contribution in [1.29, 1.82) is 0 Å². The zero-order valence-corrected chi connectivity index (χ0v) is 17.2. The highest BCUT2D eigenvalue weighted by molar-refractivity contribution is 7.80. The normalized spacial score (nSPS) is 19.7. The first-order valence-electron chi connectivity index (χ1n) is 9.50. The summed E-state index contributed by atoms with van der Waals surface area (Å²) in [7, 11) is 0. The van der Waals surface area contributed by atoms with E-state index in [0.29, 0.717) is 6.54 Å². The van der Waals surface area contributed by atoms with Crippen molar-refractivity contribution in [1.82, 2.24) is 24.8 Å². The molecule has 144 valence electrons. The van der Waals surface area contributed by atoms with Crippen LogP contribution < -0.4 is 5.32 Å². The van der Waals surface area contributed by atoms with E-state index < -0.39 is 0 Å². The number of nitrogens with one attached hydrogen (secondary N) is 1. The molecule has 0 aliphatic carbocycles. The molecule has 0 saturated carbocycles. The third-order valence-corrected chi connectivity index (χ3v) is 5.44. The summed E-state index contributed by atoms with van der Waals surface area (Å²) in [5, 5.41) is 4.23. The van der Waals surface area contributed by atoms with E-state index in [1.54, 1.807) is 0 Å². The van der Waals surface area contributed by atoms with Gasteiger partial charge in [-0.3, -0.25) is 9.97 Å². The van der Waals surface area contributed by atoms with Crippen LogP contribution in [0.3, 0.4) is 0 Å². The van der Waals surface area contributed by atoms with E-state index in [2.05, 4.69) is 70.0 Å². The first-order chi connectivity index (χ1) is 13.4. The monoisotopic (exact) mass is 391 g/mol. The lowest BCUT2D eigenvalue weighted by molar-refractivity contribution is 0.306. The Labute approximate surface area is 171 Å². The van der Waals surface area contributed by atoms with Crippen LogP contribution in [-0.2, 0) is 12.1 Å². The van der Waals surface area contributed by atoms with Crippen LogP contribution in [0.2, 0.25) is 0 Å². The summed E-state index contributed by atoms with van der Waals surface area (Å²) in [6.45, 7) is 7.27. The number of hydrogen-bond acceptors (Lipinski definition) is 3. The Kier molecular flexibility index (Phi) is 4.89. The van der Waals surface area contributed by atoms with Gasteiger partial charge in [-0.1, -0.05) is 12.1 Å². The summed E-state index contributed by atoms with van der Waals surface area (Å²) in [5.74, 6) is 0. The molecule has 1 saturated heterocycles. The van der Waals surface area contributed by atoms with Crippen molar-refractivity contribution in [2.75, 3.05) is 0 Å². The summed E-state index contributed by atoms with van der Waals surface area (Å²) in [6, 6.07) is 14.2. The fourth-order valence-electron chi connectivity index (χ4n) is 3.61. The first-order valence-corrected chi connectivity index (χ1v) is 9.90. The Morgan fingerprint density at radius 1 is 1.04 bits per heavy atom. The van der Waals surface area contributed by atoms with E-state index in [-0.39, 0.29) is 17.6 Å². The van der Waals surface area contributed by atoms with E-state index >= 15 is 0 Å². The third-order valence-electron chi connectivity index (χ3n) is 5.09. The highest BCUT2D eigenvalue weighted by Gasteiger charge is 2.40. The maximum absolute atomic E-state index is 5.73. The Bertz CT molecular complexity index is 946. The van der Waals surface area contributed by atoms with E-state index in [4.69, 9.17) is 12.2 Å². The molecular weight excluding hydrogens is 366 g/mol. The van der Waals surface area contributed by atoms with E-state index in [1.807, 2.05) is 42.7 Å². The van der Waals surface area contributed by atoms with Crippen LogP contribution in [0.5, 0.6) is 0 Å². The van der Waals surface area contributed by atoms with E-state index in [0.717, 1.165) is 16.5 Å². The van der Waals surface area contributed by atoms with Crippen LogP contribution in [0.15, 0.2) is 67.3 Å². The average molecular weight is 392 g/mol. The van der Waals surface area contributed by atoms with Gasteiger partial charge >= 0.3 is 0 Å². The zero-order chi connectivity index (χ0) is 19.7. The van der Waals surface area contributed by atoms with Gasteiger partial charge in [0, 0.05) is 30.3 Å². The molecule has 1 aliphatic rings. The molecule has 4 heterocycles. The third kappa shape index (κ3) is 3.64. The van der Waals surface area contributed by atoms with Crippen LogP contribution in [0.25, 0.3) is 0 Å². The Morgan fingerprint density at radius 2 is 1.79 bits per heavy atom. The van der Waals surface area contributed by atoms with Crippen molar-refractivity contribution in [2.45, 2.75) is 44.9 Å². The standard InChI is InChI=1S/C22H25N5S/c1-22(2,3)26-13-10-16(14-26)20-19(18-9-5-7-12-24-18)25-21(28)27(20)15-17-8-4-6-11-23-17/h4-14,19-20H,15H2,1-3H3,(H,25,28)/t19-,20+/m0/s1. The Hall–Kier alpha value is -2.73. The molecule has 1 fully saturated rings. The van der Waals surface area contributed by atoms with Gasteiger partial charge in [0.05, 0.1) is 30.0 Å². The minimum atomic E-state index is -0.00627. The van der Waals surface area contributed by atoms with Gasteiger partial charge in [0.1, 0.15) is 0 Å². The SMILES string of the molecule is CC(C)(C)n1ccc([C@@H]2[C@H](c3ccccn3)NC(=S)N2Cc2ccccn2)c1. The fraction of sp³-hybridized carbons (Fsp3) is 0.318. The van der Waals surface area contributed by atoms with Crippen molar-refractivity contribution >= 4 is 17.3 Å². The number of thiocarbonyl (C=S) groups is 1. The number of pyridine rings is 2. The molecule has 1 N–H and O–H groups in total. The van der Waals surface area contributed by atoms with Gasteiger partial charge in [-0.2, -0.15) is 0 Å². The smallest absolute Gasteiger partial charge is 0.170 e. The average Bonchev–Trinajstić information content (AvgIpc) is 3.29. The van der Waals surface area contributed by atoms with Crippen molar-refractivity contribution in [3.8, 4) is 0 Å². The molecule has 0 aromatic carbocycles. The molecule has 4 rings (SSSR count). The molecule has 0 radical (unpaired) electrons. The minimum absolute atomic E-state index is 0.00627. The molecule has 1 aliphatic heterocycles. The van der Waals surface area contributed by atoms with Crippen LogP contribution in [-0.4, -0.2) is 24.5 Å². The minimum Gasteiger partial charge on any atom is -0.352 e. The van der Waals surface area contributed by atoms with Crippen molar-refractivity contribution < 1.29 is 0 Å². The van der Waals surface area contributed by atoms with E-state index in [9.17, 15) is 0 Å². The van der Waals surface area contributed by atoms with Crippen LogP contribution >= 0.6 is 12.2 Å². The van der Waals surface area contributed by atoms with Crippen molar-refractivity contribution in [2.24, 2.45) is 0 Å². The second-order valence-electron chi connectivity index (χ2n) is 8.10. The predicted molar refractivity (Wildman–Crippen MR) is 115 cm³/mol. The predicted octanol–water partition coefficient (Wildman–Crippen LogP) is 4.21. The molecule has 3 aromatic heterocycles. The van der Waals surface area contributed by atoms with Crippen LogP contribution in [0.1, 0.15) is 49.8 Å². The number of aromatic nitrogens is 3. The lowest BCUT2D eigenvalue weighted by Gasteiger charge is -2.27. The fourth-order valence-corrected chi connectivity index (χ4v) is 3.92. The summed E-state index contributed by atoms with van der Waals surface area (Å²) < 4.78 is 2.25. The quantitative estimate of drug-likeness (QED) is 0.675. The first kappa shape index (κ1) is 18.6. The lowest BCUT2D eigenvalue weighted by Crippen LogP contribution is -2.29. The largest absolute Gasteiger partial charge is 0.352 e. The Balaban J connectivity index is 1.74. The Morgan fingerprint density at radius 3 is 2.39 bits per heavy atom. The van der Waals surface area contributed by atoms with Gasteiger partial charge in [-0.15, -0.1) is 0 Å². The molecule has 2 atom stereocenters. The number of nitrogens with zero attached hydrogens (tertiary/aromatic N) is 4. The summed E-state index contributed by atoms with van der Waals surface area (Å²) >= 11 is 5.73. The van der Waals surface area contributed by atoms with E-state index in [1.165, 1.54) is 5.56 Å². The van der Waals surface area contributed by atoms with Gasteiger partial charge < -0.3 is 14.8 Å². The van der Waals surface area contributed by atoms with Crippen molar-refractivity contribution in [3.63, 3.8) is 0 Å². The second-order valence-corrected chi connectivity index (χ2v) is 8.49. The molecule has 0 amide bonds. The summed E-state index contributed by atoms with van der Waals surface area (Å²) in [6.07, 6.45) is 8.02. The maximum Gasteiger partial charge on any atom is 0.170 e. The molecule has 0 bridgehead atoms. The highest BCUT2D eigenvalue weighted by atomic mass is 32.1. The highest BCUT2D eigenvalue weighted by Crippen LogP contribution is 2.39. The lowest BCUT2D eigenvalue weighted by atomic mass is 9.99. The maximum atomic E-state index is 5.73. The second kappa shape index (κ2) is 7.36. The zero-order valence-electron chi connectivity index (χ0n) is 16.4.